The highest BCUT2D eigenvalue weighted by molar-refractivity contribution is 5.07. The summed E-state index contributed by atoms with van der Waals surface area (Å²) in [7, 11) is 0. The minimum absolute atomic E-state index is 0.193. The van der Waals surface area contributed by atoms with E-state index in [9.17, 15) is 0 Å². The van der Waals surface area contributed by atoms with Gasteiger partial charge in [0.2, 0.25) is 0 Å². The van der Waals surface area contributed by atoms with Crippen molar-refractivity contribution >= 4 is 0 Å². The Labute approximate surface area is 94.1 Å². The van der Waals surface area contributed by atoms with E-state index in [-0.39, 0.29) is 11.0 Å². The lowest BCUT2D eigenvalue weighted by atomic mass is 9.89. The number of unbranched alkanes of at least 4 members (excludes halogenated alkanes) is 1. The Morgan fingerprint density at radius 2 is 1.80 bits per heavy atom. The minimum atomic E-state index is -0.218. The van der Waals surface area contributed by atoms with Gasteiger partial charge in [0, 0.05) is 0 Å². The van der Waals surface area contributed by atoms with E-state index in [1.54, 1.807) is 0 Å². The van der Waals surface area contributed by atoms with Crippen molar-refractivity contribution in [1.82, 2.24) is 5.32 Å². The number of hydrogen-bond acceptors (Lipinski definition) is 2. The van der Waals surface area contributed by atoms with E-state index in [4.69, 9.17) is 11.7 Å². The number of nitriles is 1. The Bertz CT molecular complexity index is 235. The molecule has 0 atom stereocenters. The fourth-order valence-corrected chi connectivity index (χ4v) is 1.20. The van der Waals surface area contributed by atoms with Crippen molar-refractivity contribution in [2.24, 2.45) is 5.41 Å². The molecule has 15 heavy (non-hydrogen) atoms. The van der Waals surface area contributed by atoms with Gasteiger partial charge >= 0.3 is 0 Å². The highest BCUT2D eigenvalue weighted by atomic mass is 14.9. The van der Waals surface area contributed by atoms with Gasteiger partial charge in [0.05, 0.1) is 17.0 Å². The molecule has 0 saturated carbocycles. The van der Waals surface area contributed by atoms with Gasteiger partial charge in [-0.05, 0) is 47.1 Å². The van der Waals surface area contributed by atoms with E-state index >= 15 is 0 Å². The van der Waals surface area contributed by atoms with Gasteiger partial charge in [0.15, 0.2) is 0 Å². The Balaban J connectivity index is 3.59. The van der Waals surface area contributed by atoms with Crippen LogP contribution >= 0.6 is 0 Å². The highest BCUT2D eigenvalue weighted by Crippen LogP contribution is 2.21. The molecular weight excluding hydrogens is 184 g/mol. The maximum atomic E-state index is 8.83. The second-order valence-corrected chi connectivity index (χ2v) is 5.15. The Hall–Kier alpha value is -0.990. The maximum absolute atomic E-state index is 8.83. The van der Waals surface area contributed by atoms with Crippen LogP contribution in [0.3, 0.4) is 0 Å². The van der Waals surface area contributed by atoms with Crippen LogP contribution in [0.2, 0.25) is 0 Å². The van der Waals surface area contributed by atoms with Crippen molar-refractivity contribution in [1.29, 1.82) is 5.26 Å². The molecule has 2 nitrogen and oxygen atoms in total. The molecular formula is C13H22N2. The van der Waals surface area contributed by atoms with Crippen LogP contribution in [0, 0.1) is 29.1 Å². The van der Waals surface area contributed by atoms with Crippen LogP contribution in [0.4, 0.5) is 0 Å². The van der Waals surface area contributed by atoms with Gasteiger partial charge in [-0.15, -0.1) is 6.42 Å². The highest BCUT2D eigenvalue weighted by Gasteiger charge is 2.16. The largest absolute Gasteiger partial charge is 0.302 e. The summed E-state index contributed by atoms with van der Waals surface area (Å²) in [6, 6.07) is 2.31. The van der Waals surface area contributed by atoms with Crippen LogP contribution in [0.5, 0.6) is 0 Å². The average molecular weight is 206 g/mol. The first-order valence-corrected chi connectivity index (χ1v) is 5.47. The van der Waals surface area contributed by atoms with Crippen LogP contribution in [0.1, 0.15) is 47.0 Å². The predicted molar refractivity (Wildman–Crippen MR) is 64.2 cm³/mol. The first-order valence-electron chi connectivity index (χ1n) is 5.47. The molecule has 0 aliphatic carbocycles. The Kier molecular flexibility index (Phi) is 5.40. The number of hydrogen-bond donors (Lipinski definition) is 1. The molecule has 0 rings (SSSR count). The molecule has 0 aromatic rings. The third-order valence-corrected chi connectivity index (χ3v) is 2.46. The Morgan fingerprint density at radius 3 is 2.27 bits per heavy atom. The monoisotopic (exact) mass is 206 g/mol. The van der Waals surface area contributed by atoms with Crippen molar-refractivity contribution in [3.05, 3.63) is 0 Å². The van der Waals surface area contributed by atoms with Gasteiger partial charge in [0.25, 0.3) is 0 Å². The van der Waals surface area contributed by atoms with E-state index in [1.165, 1.54) is 0 Å². The quantitative estimate of drug-likeness (QED) is 0.536. The molecule has 0 aliphatic rings. The van der Waals surface area contributed by atoms with Crippen molar-refractivity contribution < 1.29 is 0 Å². The second-order valence-electron chi connectivity index (χ2n) is 5.15. The fourth-order valence-electron chi connectivity index (χ4n) is 1.20. The van der Waals surface area contributed by atoms with Crippen LogP contribution in [0.15, 0.2) is 0 Å². The summed E-state index contributed by atoms with van der Waals surface area (Å²) < 4.78 is 0. The summed E-state index contributed by atoms with van der Waals surface area (Å²) in [4.78, 5) is 0. The first kappa shape index (κ1) is 14.0. The molecule has 0 amide bonds. The van der Waals surface area contributed by atoms with Crippen molar-refractivity contribution in [2.75, 3.05) is 6.54 Å². The molecule has 0 unspecified atom stereocenters. The summed E-state index contributed by atoms with van der Waals surface area (Å²) in [6.45, 7) is 8.86. The second kappa shape index (κ2) is 5.79. The third-order valence-electron chi connectivity index (χ3n) is 2.46. The van der Waals surface area contributed by atoms with Crippen LogP contribution < -0.4 is 5.32 Å². The molecule has 0 heterocycles. The molecule has 0 spiro atoms. The zero-order valence-corrected chi connectivity index (χ0v) is 10.4. The molecule has 0 fully saturated rings. The zero-order chi connectivity index (χ0) is 11.9. The lowest BCUT2D eigenvalue weighted by Crippen LogP contribution is -2.38. The fraction of sp³-hybridized carbons (Fsp3) is 0.769. The van der Waals surface area contributed by atoms with Crippen molar-refractivity contribution in [3.8, 4) is 18.4 Å². The molecule has 0 bridgehead atoms. The number of nitrogens with zero attached hydrogens (tertiary/aromatic N) is 1. The van der Waals surface area contributed by atoms with E-state index in [0.29, 0.717) is 0 Å². The lowest BCUT2D eigenvalue weighted by Gasteiger charge is -2.20. The topological polar surface area (TPSA) is 35.8 Å². The summed E-state index contributed by atoms with van der Waals surface area (Å²) in [5.41, 5.74) is -0.410. The first-order chi connectivity index (χ1) is 6.83. The van der Waals surface area contributed by atoms with Gasteiger partial charge in [-0.2, -0.15) is 5.26 Å². The van der Waals surface area contributed by atoms with Gasteiger partial charge in [-0.1, -0.05) is 12.3 Å². The maximum Gasteiger partial charge on any atom is 0.0741 e. The molecule has 0 aliphatic heterocycles. The molecule has 0 aromatic carbocycles. The van der Waals surface area contributed by atoms with E-state index < -0.39 is 0 Å². The molecule has 0 radical (unpaired) electrons. The summed E-state index contributed by atoms with van der Waals surface area (Å²) >= 11 is 0. The van der Waals surface area contributed by atoms with Gasteiger partial charge in [-0.25, -0.2) is 0 Å². The molecule has 84 valence electrons. The normalized spacial score (nSPS) is 11.9. The standard InChI is InChI=1S/C13H22N2/c1-6-13(4,5)15-10-8-7-9-12(2,3)11-14/h1,15H,7-10H2,2-5H3. The molecule has 1 N–H and O–H groups in total. The molecule has 0 aromatic heterocycles. The van der Waals surface area contributed by atoms with Crippen LogP contribution in [0.25, 0.3) is 0 Å². The lowest BCUT2D eigenvalue weighted by molar-refractivity contribution is 0.409. The number of nitrogens with one attached hydrogen (secondary N) is 1. The number of rotatable bonds is 6. The third kappa shape index (κ3) is 7.00. The van der Waals surface area contributed by atoms with Gasteiger partial charge < -0.3 is 5.32 Å². The van der Waals surface area contributed by atoms with Gasteiger partial charge in [-0.3, -0.25) is 0 Å². The average Bonchev–Trinajstić information content (AvgIpc) is 2.17. The smallest absolute Gasteiger partial charge is 0.0741 e. The van der Waals surface area contributed by atoms with Gasteiger partial charge in [0.1, 0.15) is 0 Å². The zero-order valence-electron chi connectivity index (χ0n) is 10.4. The van der Waals surface area contributed by atoms with Crippen molar-refractivity contribution in [2.45, 2.75) is 52.5 Å². The SMILES string of the molecule is C#CC(C)(C)NCCCCC(C)(C)C#N. The summed E-state index contributed by atoms with van der Waals surface area (Å²) in [5, 5.41) is 12.1. The van der Waals surface area contributed by atoms with E-state index in [0.717, 1.165) is 25.8 Å². The number of terminal acetylenes is 1. The van der Waals surface area contributed by atoms with Crippen LogP contribution in [-0.4, -0.2) is 12.1 Å². The minimum Gasteiger partial charge on any atom is -0.302 e. The Morgan fingerprint density at radius 1 is 1.20 bits per heavy atom. The van der Waals surface area contributed by atoms with Crippen LogP contribution in [-0.2, 0) is 0 Å². The molecule has 0 saturated heterocycles. The van der Waals surface area contributed by atoms with E-state index in [1.807, 2.05) is 27.7 Å². The predicted octanol–water partition coefficient (Wildman–Crippen LogP) is 2.71. The summed E-state index contributed by atoms with van der Waals surface area (Å²) in [5.74, 6) is 2.70. The van der Waals surface area contributed by atoms with Crippen molar-refractivity contribution in [3.63, 3.8) is 0 Å². The molecule has 2 heteroatoms. The van der Waals surface area contributed by atoms with E-state index in [2.05, 4.69) is 17.3 Å². The summed E-state index contributed by atoms with van der Waals surface area (Å²) in [6.07, 6.45) is 8.43.